The van der Waals surface area contributed by atoms with Crippen molar-refractivity contribution in [1.29, 1.82) is 0 Å². The Hall–Kier alpha value is -1.27. The van der Waals surface area contributed by atoms with Gasteiger partial charge in [-0.3, -0.25) is 10.1 Å². The van der Waals surface area contributed by atoms with E-state index in [0.29, 0.717) is 15.3 Å². The number of thiazole rings is 1. The Balaban J connectivity index is 2.20. The molecule has 0 radical (unpaired) electrons. The van der Waals surface area contributed by atoms with Crippen LogP contribution in [0.5, 0.6) is 0 Å². The van der Waals surface area contributed by atoms with Gasteiger partial charge in [-0.15, -0.1) is 11.3 Å². The molecule has 0 aliphatic rings. The lowest BCUT2D eigenvalue weighted by molar-refractivity contribution is 0.102. The van der Waals surface area contributed by atoms with Crippen LogP contribution in [0.3, 0.4) is 0 Å². The van der Waals surface area contributed by atoms with Crippen LogP contribution in [-0.2, 0) is 0 Å². The molecule has 88 valence electrons. The van der Waals surface area contributed by atoms with E-state index in [9.17, 15) is 4.79 Å². The molecule has 0 bridgehead atoms. The molecule has 0 spiro atoms. The average molecular weight is 312 g/mol. The average Bonchev–Trinajstić information content (AvgIpc) is 2.58. The second-order valence-electron chi connectivity index (χ2n) is 3.46. The minimum Gasteiger partial charge on any atom is -0.298 e. The molecule has 2 heterocycles. The maximum Gasteiger partial charge on any atom is 0.260 e. The Morgan fingerprint density at radius 1 is 1.47 bits per heavy atom. The molecule has 0 fully saturated rings. The van der Waals surface area contributed by atoms with Gasteiger partial charge in [0.05, 0.1) is 11.3 Å². The van der Waals surface area contributed by atoms with Crippen molar-refractivity contribution >= 4 is 38.3 Å². The van der Waals surface area contributed by atoms with Gasteiger partial charge in [0.1, 0.15) is 4.60 Å². The smallest absolute Gasteiger partial charge is 0.260 e. The second kappa shape index (κ2) is 4.93. The number of nitrogens with zero attached hydrogens (tertiary/aromatic N) is 2. The van der Waals surface area contributed by atoms with Crippen LogP contribution in [0.4, 0.5) is 5.13 Å². The van der Waals surface area contributed by atoms with E-state index >= 15 is 0 Å². The first kappa shape index (κ1) is 12.2. The molecule has 0 atom stereocenters. The van der Waals surface area contributed by atoms with Gasteiger partial charge in [0.2, 0.25) is 0 Å². The molecule has 2 rings (SSSR count). The summed E-state index contributed by atoms with van der Waals surface area (Å²) >= 11 is 4.71. The summed E-state index contributed by atoms with van der Waals surface area (Å²) in [7, 11) is 0. The number of carbonyl (C=O) groups excluding carboxylic acids is 1. The minimum atomic E-state index is -0.210. The molecule has 4 nitrogen and oxygen atoms in total. The number of pyridine rings is 1. The molecular weight excluding hydrogens is 302 g/mol. The van der Waals surface area contributed by atoms with Crippen LogP contribution in [0, 0.1) is 13.8 Å². The Kier molecular flexibility index (Phi) is 3.54. The van der Waals surface area contributed by atoms with E-state index in [1.165, 1.54) is 11.3 Å². The van der Waals surface area contributed by atoms with E-state index in [1.807, 2.05) is 13.8 Å². The van der Waals surface area contributed by atoms with Gasteiger partial charge in [0.25, 0.3) is 5.91 Å². The number of carbonyl (C=O) groups is 1. The topological polar surface area (TPSA) is 54.9 Å². The fraction of sp³-hybridized carbons (Fsp3) is 0.182. The third-order valence-electron chi connectivity index (χ3n) is 2.25. The molecular formula is C11H10BrN3OS. The summed E-state index contributed by atoms with van der Waals surface area (Å²) in [5.74, 6) is -0.210. The van der Waals surface area contributed by atoms with E-state index in [0.717, 1.165) is 10.6 Å². The van der Waals surface area contributed by atoms with Crippen LogP contribution in [-0.4, -0.2) is 15.9 Å². The van der Waals surface area contributed by atoms with Crippen molar-refractivity contribution in [3.63, 3.8) is 0 Å². The molecule has 0 unspecified atom stereocenters. The second-order valence-corrected chi connectivity index (χ2v) is 5.41. The molecule has 0 aliphatic heterocycles. The Morgan fingerprint density at radius 2 is 2.24 bits per heavy atom. The molecule has 2 aromatic heterocycles. The lowest BCUT2D eigenvalue weighted by Gasteiger charge is -2.02. The zero-order valence-corrected chi connectivity index (χ0v) is 11.7. The quantitative estimate of drug-likeness (QED) is 0.867. The number of anilines is 1. The number of amides is 1. The molecule has 2 aromatic rings. The van der Waals surface area contributed by atoms with Crippen LogP contribution in [0.1, 0.15) is 20.9 Å². The number of aromatic nitrogens is 2. The van der Waals surface area contributed by atoms with Crippen LogP contribution in [0.25, 0.3) is 0 Å². The fourth-order valence-electron chi connectivity index (χ4n) is 1.25. The van der Waals surface area contributed by atoms with Gasteiger partial charge in [-0.25, -0.2) is 9.97 Å². The van der Waals surface area contributed by atoms with Crippen molar-refractivity contribution in [2.45, 2.75) is 13.8 Å². The number of aryl methyl sites for hydroxylation is 2. The van der Waals surface area contributed by atoms with Crippen molar-refractivity contribution in [1.82, 2.24) is 9.97 Å². The van der Waals surface area contributed by atoms with Crippen LogP contribution < -0.4 is 5.32 Å². The van der Waals surface area contributed by atoms with Crippen LogP contribution in [0.2, 0.25) is 0 Å². The van der Waals surface area contributed by atoms with E-state index in [-0.39, 0.29) is 5.91 Å². The highest BCUT2D eigenvalue weighted by Crippen LogP contribution is 2.22. The number of hydrogen-bond donors (Lipinski definition) is 1. The monoisotopic (exact) mass is 311 g/mol. The lowest BCUT2D eigenvalue weighted by Crippen LogP contribution is -2.12. The summed E-state index contributed by atoms with van der Waals surface area (Å²) in [6, 6.07) is 3.43. The summed E-state index contributed by atoms with van der Waals surface area (Å²) in [4.78, 5) is 21.3. The number of nitrogens with one attached hydrogen (secondary N) is 1. The van der Waals surface area contributed by atoms with Gasteiger partial charge in [-0.2, -0.15) is 0 Å². The molecule has 0 aromatic carbocycles. The van der Waals surface area contributed by atoms with Crippen molar-refractivity contribution in [3.8, 4) is 0 Å². The van der Waals surface area contributed by atoms with Gasteiger partial charge >= 0.3 is 0 Å². The minimum absolute atomic E-state index is 0.210. The highest BCUT2D eigenvalue weighted by Gasteiger charge is 2.12. The SMILES string of the molecule is Cc1nc(NC(=O)c2cccnc2Br)sc1C. The molecule has 0 saturated carbocycles. The summed E-state index contributed by atoms with van der Waals surface area (Å²) in [5, 5.41) is 3.37. The highest BCUT2D eigenvalue weighted by molar-refractivity contribution is 9.10. The largest absolute Gasteiger partial charge is 0.298 e. The number of halogens is 1. The molecule has 0 saturated heterocycles. The maximum atomic E-state index is 11.9. The van der Waals surface area contributed by atoms with E-state index < -0.39 is 0 Å². The molecule has 17 heavy (non-hydrogen) atoms. The van der Waals surface area contributed by atoms with Crippen molar-refractivity contribution in [2.24, 2.45) is 0 Å². The number of rotatable bonds is 2. The van der Waals surface area contributed by atoms with Crippen molar-refractivity contribution in [3.05, 3.63) is 39.1 Å². The lowest BCUT2D eigenvalue weighted by atomic mass is 10.3. The Labute approximate surface area is 111 Å². The molecule has 1 amide bonds. The third kappa shape index (κ3) is 2.70. The molecule has 0 aliphatic carbocycles. The van der Waals surface area contributed by atoms with E-state index in [4.69, 9.17) is 0 Å². The van der Waals surface area contributed by atoms with Gasteiger partial charge in [-0.1, -0.05) is 0 Å². The summed E-state index contributed by atoms with van der Waals surface area (Å²) in [6.45, 7) is 3.89. The Morgan fingerprint density at radius 3 is 2.82 bits per heavy atom. The standard InChI is InChI=1S/C11H10BrN3OS/c1-6-7(2)17-11(14-6)15-10(16)8-4-3-5-13-9(8)12/h3-5H,1-2H3,(H,14,15,16). The van der Waals surface area contributed by atoms with Crippen LogP contribution >= 0.6 is 27.3 Å². The summed E-state index contributed by atoms with van der Waals surface area (Å²) in [5.41, 5.74) is 1.44. The molecule has 6 heteroatoms. The first-order chi connectivity index (χ1) is 8.08. The van der Waals surface area contributed by atoms with E-state index in [2.05, 4.69) is 31.2 Å². The number of hydrogen-bond acceptors (Lipinski definition) is 4. The maximum absolute atomic E-state index is 11.9. The predicted octanol–water partition coefficient (Wildman–Crippen LogP) is 3.17. The van der Waals surface area contributed by atoms with Gasteiger partial charge in [0.15, 0.2) is 5.13 Å². The first-order valence-corrected chi connectivity index (χ1v) is 6.55. The first-order valence-electron chi connectivity index (χ1n) is 4.94. The van der Waals surface area contributed by atoms with Gasteiger partial charge in [-0.05, 0) is 41.9 Å². The highest BCUT2D eigenvalue weighted by atomic mass is 79.9. The van der Waals surface area contributed by atoms with Crippen molar-refractivity contribution < 1.29 is 4.79 Å². The van der Waals surface area contributed by atoms with Crippen molar-refractivity contribution in [2.75, 3.05) is 5.32 Å². The Bertz CT molecular complexity index is 548. The zero-order valence-electron chi connectivity index (χ0n) is 9.32. The van der Waals surface area contributed by atoms with E-state index in [1.54, 1.807) is 18.3 Å². The van der Waals surface area contributed by atoms with Gasteiger partial charge in [0, 0.05) is 11.1 Å². The predicted molar refractivity (Wildman–Crippen MR) is 71.5 cm³/mol. The third-order valence-corrected chi connectivity index (χ3v) is 3.87. The molecule has 1 N–H and O–H groups in total. The normalized spacial score (nSPS) is 10.3. The van der Waals surface area contributed by atoms with Crippen LogP contribution in [0.15, 0.2) is 22.9 Å². The summed E-state index contributed by atoms with van der Waals surface area (Å²) in [6.07, 6.45) is 1.62. The fourth-order valence-corrected chi connectivity index (χ4v) is 2.49. The zero-order chi connectivity index (χ0) is 12.4. The van der Waals surface area contributed by atoms with Gasteiger partial charge < -0.3 is 0 Å². The summed E-state index contributed by atoms with van der Waals surface area (Å²) < 4.78 is 0.530.